The Morgan fingerprint density at radius 3 is 2.71 bits per heavy atom. The van der Waals surface area contributed by atoms with Gasteiger partial charge in [0, 0.05) is 10.5 Å². The molecule has 2 aromatic rings. The molecular formula is C13H13Br2NS. The summed E-state index contributed by atoms with van der Waals surface area (Å²) in [6.45, 7) is 0. The number of likely N-dealkylation sites (N-methyl/N-ethyl adjacent to an activating group) is 1. The summed E-state index contributed by atoms with van der Waals surface area (Å²) in [4.78, 5) is 0. The minimum absolute atomic E-state index is 0.367. The molecule has 1 heterocycles. The zero-order valence-electron chi connectivity index (χ0n) is 9.41. The molecule has 1 N–H and O–H groups in total. The van der Waals surface area contributed by atoms with Crippen molar-refractivity contribution in [3.63, 3.8) is 0 Å². The number of rotatable bonds is 4. The highest BCUT2D eigenvalue weighted by Gasteiger charge is 2.11. The van der Waals surface area contributed by atoms with Crippen LogP contribution in [0.2, 0.25) is 0 Å². The molecule has 1 unspecified atom stereocenters. The van der Waals surface area contributed by atoms with Gasteiger partial charge in [-0.2, -0.15) is 0 Å². The van der Waals surface area contributed by atoms with E-state index in [1.54, 1.807) is 11.3 Å². The second kappa shape index (κ2) is 6.14. The monoisotopic (exact) mass is 373 g/mol. The van der Waals surface area contributed by atoms with E-state index >= 15 is 0 Å². The lowest BCUT2D eigenvalue weighted by Gasteiger charge is -2.15. The summed E-state index contributed by atoms with van der Waals surface area (Å²) in [5.41, 5.74) is 2.67. The van der Waals surface area contributed by atoms with E-state index in [4.69, 9.17) is 0 Å². The van der Waals surface area contributed by atoms with E-state index < -0.39 is 0 Å². The van der Waals surface area contributed by atoms with Crippen molar-refractivity contribution in [1.82, 2.24) is 5.32 Å². The maximum Gasteiger partial charge on any atom is 0.0701 e. The third-order valence-corrected chi connectivity index (χ3v) is 4.68. The summed E-state index contributed by atoms with van der Waals surface area (Å²) in [5.74, 6) is 0. The zero-order chi connectivity index (χ0) is 12.3. The Morgan fingerprint density at radius 2 is 2.12 bits per heavy atom. The Balaban J connectivity index is 2.15. The molecule has 4 heteroatoms. The fourth-order valence-corrected chi connectivity index (χ4v) is 3.47. The van der Waals surface area contributed by atoms with Crippen LogP contribution in [-0.4, -0.2) is 7.05 Å². The molecule has 0 fully saturated rings. The van der Waals surface area contributed by atoms with Crippen LogP contribution in [0.1, 0.15) is 17.2 Å². The Morgan fingerprint density at radius 1 is 1.29 bits per heavy atom. The summed E-state index contributed by atoms with van der Waals surface area (Å²) in [5, 5.41) is 5.57. The van der Waals surface area contributed by atoms with Crippen LogP contribution in [0.15, 0.2) is 44.0 Å². The minimum Gasteiger partial charge on any atom is -0.313 e. The topological polar surface area (TPSA) is 12.0 Å². The van der Waals surface area contributed by atoms with Crippen molar-refractivity contribution in [2.24, 2.45) is 0 Å². The standard InChI is InChI=1S/C13H13Br2NS/c1-16-12(10-7-13(15)17-8-10)6-9-3-2-4-11(14)5-9/h2-5,7-8,12,16H,6H2,1H3. The Bertz CT molecular complexity index is 496. The first-order chi connectivity index (χ1) is 8.19. The molecule has 2 rings (SSSR count). The van der Waals surface area contributed by atoms with Gasteiger partial charge in [0.15, 0.2) is 0 Å². The van der Waals surface area contributed by atoms with Gasteiger partial charge in [-0.3, -0.25) is 0 Å². The maximum absolute atomic E-state index is 3.51. The van der Waals surface area contributed by atoms with E-state index in [2.05, 4.69) is 72.9 Å². The van der Waals surface area contributed by atoms with E-state index in [-0.39, 0.29) is 0 Å². The van der Waals surface area contributed by atoms with Crippen molar-refractivity contribution < 1.29 is 0 Å². The highest BCUT2D eigenvalue weighted by atomic mass is 79.9. The fraction of sp³-hybridized carbons (Fsp3) is 0.231. The average Bonchev–Trinajstić information content (AvgIpc) is 2.73. The first-order valence-electron chi connectivity index (χ1n) is 5.34. The van der Waals surface area contributed by atoms with Gasteiger partial charge in [0.25, 0.3) is 0 Å². The molecule has 0 bridgehead atoms. The molecule has 0 aliphatic rings. The smallest absolute Gasteiger partial charge is 0.0701 e. The molecule has 17 heavy (non-hydrogen) atoms. The first-order valence-corrected chi connectivity index (χ1v) is 7.81. The Kier molecular flexibility index (Phi) is 4.79. The SMILES string of the molecule is CNC(Cc1cccc(Br)c1)c1csc(Br)c1. The number of hydrogen-bond donors (Lipinski definition) is 1. The van der Waals surface area contributed by atoms with Crippen LogP contribution in [0.25, 0.3) is 0 Å². The molecule has 1 nitrogen and oxygen atoms in total. The maximum atomic E-state index is 3.51. The predicted octanol–water partition coefficient (Wildman–Crippen LogP) is 4.78. The molecule has 90 valence electrons. The number of thiophene rings is 1. The first kappa shape index (κ1) is 13.3. The Labute approximate surface area is 123 Å². The van der Waals surface area contributed by atoms with Gasteiger partial charge in [-0.15, -0.1) is 11.3 Å². The van der Waals surface area contributed by atoms with Crippen LogP contribution < -0.4 is 5.32 Å². The van der Waals surface area contributed by atoms with Crippen molar-refractivity contribution in [2.45, 2.75) is 12.5 Å². The largest absolute Gasteiger partial charge is 0.313 e. The van der Waals surface area contributed by atoms with Gasteiger partial charge in [0.2, 0.25) is 0 Å². The quantitative estimate of drug-likeness (QED) is 0.812. The van der Waals surface area contributed by atoms with Crippen LogP contribution in [0.5, 0.6) is 0 Å². The molecule has 1 atom stereocenters. The molecule has 0 aliphatic carbocycles. The van der Waals surface area contributed by atoms with E-state index in [1.807, 2.05) is 7.05 Å². The van der Waals surface area contributed by atoms with Crippen molar-refractivity contribution in [2.75, 3.05) is 7.05 Å². The lowest BCUT2D eigenvalue weighted by molar-refractivity contribution is 0.593. The number of benzene rings is 1. The number of nitrogens with one attached hydrogen (secondary N) is 1. The molecule has 1 aromatic heterocycles. The minimum atomic E-state index is 0.367. The van der Waals surface area contributed by atoms with Gasteiger partial charge in [0.05, 0.1) is 3.79 Å². The van der Waals surface area contributed by atoms with Crippen molar-refractivity contribution in [3.8, 4) is 0 Å². The van der Waals surface area contributed by atoms with Crippen LogP contribution in [0.4, 0.5) is 0 Å². The second-order valence-electron chi connectivity index (χ2n) is 3.86. The van der Waals surface area contributed by atoms with Crippen LogP contribution in [0, 0.1) is 0 Å². The van der Waals surface area contributed by atoms with Gasteiger partial charge in [0.1, 0.15) is 0 Å². The molecule has 1 aromatic carbocycles. The average molecular weight is 375 g/mol. The summed E-state index contributed by atoms with van der Waals surface area (Å²) in [6, 6.07) is 11.0. The van der Waals surface area contributed by atoms with Gasteiger partial charge in [-0.1, -0.05) is 28.1 Å². The third kappa shape index (κ3) is 3.65. The lowest BCUT2D eigenvalue weighted by atomic mass is 10.0. The highest BCUT2D eigenvalue weighted by molar-refractivity contribution is 9.11. The second-order valence-corrected chi connectivity index (χ2v) is 7.07. The summed E-state index contributed by atoms with van der Waals surface area (Å²) in [7, 11) is 2.01. The highest BCUT2D eigenvalue weighted by Crippen LogP contribution is 2.27. The van der Waals surface area contributed by atoms with Gasteiger partial charge in [-0.25, -0.2) is 0 Å². The van der Waals surface area contributed by atoms with Crippen molar-refractivity contribution in [1.29, 1.82) is 0 Å². The molecular weight excluding hydrogens is 362 g/mol. The normalized spacial score (nSPS) is 12.6. The number of hydrogen-bond acceptors (Lipinski definition) is 2. The lowest BCUT2D eigenvalue weighted by Crippen LogP contribution is -2.18. The van der Waals surface area contributed by atoms with Gasteiger partial charge >= 0.3 is 0 Å². The van der Waals surface area contributed by atoms with E-state index in [0.717, 1.165) is 10.9 Å². The van der Waals surface area contributed by atoms with E-state index in [0.29, 0.717) is 6.04 Å². The van der Waals surface area contributed by atoms with E-state index in [1.165, 1.54) is 14.9 Å². The molecule has 0 radical (unpaired) electrons. The third-order valence-electron chi connectivity index (χ3n) is 2.67. The van der Waals surface area contributed by atoms with Crippen molar-refractivity contribution >= 4 is 43.2 Å². The summed E-state index contributed by atoms with van der Waals surface area (Å²) in [6.07, 6.45) is 0.999. The molecule has 0 saturated heterocycles. The predicted molar refractivity (Wildman–Crippen MR) is 81.7 cm³/mol. The molecule has 0 aliphatic heterocycles. The van der Waals surface area contributed by atoms with E-state index in [9.17, 15) is 0 Å². The zero-order valence-corrected chi connectivity index (χ0v) is 13.4. The van der Waals surface area contributed by atoms with Crippen LogP contribution in [-0.2, 0) is 6.42 Å². The molecule has 0 amide bonds. The van der Waals surface area contributed by atoms with Crippen molar-refractivity contribution in [3.05, 3.63) is 55.1 Å². The summed E-state index contributed by atoms with van der Waals surface area (Å²) < 4.78 is 2.32. The Hall–Kier alpha value is -0.160. The van der Waals surface area contributed by atoms with Gasteiger partial charge < -0.3 is 5.32 Å². The molecule has 0 spiro atoms. The fourth-order valence-electron chi connectivity index (χ4n) is 1.79. The number of halogens is 2. The van der Waals surface area contributed by atoms with Crippen LogP contribution >= 0.6 is 43.2 Å². The van der Waals surface area contributed by atoms with Crippen LogP contribution in [0.3, 0.4) is 0 Å². The summed E-state index contributed by atoms with van der Waals surface area (Å²) >= 11 is 8.75. The molecule has 0 saturated carbocycles. The van der Waals surface area contributed by atoms with Gasteiger partial charge in [-0.05, 0) is 64.1 Å².